The molecule has 1 fully saturated rings. The summed E-state index contributed by atoms with van der Waals surface area (Å²) in [6, 6.07) is 11.1. The first-order chi connectivity index (χ1) is 7.36. The number of benzene rings is 1. The summed E-state index contributed by atoms with van der Waals surface area (Å²) in [7, 11) is 0. The Balaban J connectivity index is 1.58. The van der Waals surface area contributed by atoms with Gasteiger partial charge in [-0.25, -0.2) is 0 Å². The molecule has 0 saturated heterocycles. The summed E-state index contributed by atoms with van der Waals surface area (Å²) in [5, 5.41) is 0. The molecule has 1 unspecified atom stereocenters. The van der Waals surface area contributed by atoms with Crippen LogP contribution in [0, 0.1) is 5.92 Å². The molecule has 1 aromatic carbocycles. The van der Waals surface area contributed by atoms with Crippen molar-refractivity contribution in [2.45, 2.75) is 36.6 Å². The first kappa shape index (κ1) is 11.0. The van der Waals surface area contributed by atoms with Gasteiger partial charge in [0, 0.05) is 10.9 Å². The van der Waals surface area contributed by atoms with Gasteiger partial charge in [-0.3, -0.25) is 0 Å². The van der Waals surface area contributed by atoms with Gasteiger partial charge < -0.3 is 5.73 Å². The zero-order chi connectivity index (χ0) is 10.5. The van der Waals surface area contributed by atoms with Crippen LogP contribution in [0.5, 0.6) is 0 Å². The van der Waals surface area contributed by atoms with Crippen LogP contribution in [-0.2, 0) is 0 Å². The van der Waals surface area contributed by atoms with E-state index < -0.39 is 0 Å². The Morgan fingerprint density at radius 3 is 2.67 bits per heavy atom. The van der Waals surface area contributed by atoms with Crippen molar-refractivity contribution in [2.75, 3.05) is 5.75 Å². The lowest BCUT2D eigenvalue weighted by Gasteiger charge is -2.09. The van der Waals surface area contributed by atoms with Crippen LogP contribution in [-0.4, -0.2) is 11.8 Å². The molecule has 82 valence electrons. The highest BCUT2D eigenvalue weighted by Crippen LogP contribution is 2.33. The lowest BCUT2D eigenvalue weighted by Crippen LogP contribution is -2.22. The van der Waals surface area contributed by atoms with Crippen molar-refractivity contribution >= 4 is 11.8 Å². The second kappa shape index (κ2) is 5.57. The normalized spacial score (nSPS) is 17.7. The van der Waals surface area contributed by atoms with E-state index in [4.69, 9.17) is 5.73 Å². The zero-order valence-electron chi connectivity index (χ0n) is 9.06. The van der Waals surface area contributed by atoms with Crippen LogP contribution in [0.25, 0.3) is 0 Å². The summed E-state index contributed by atoms with van der Waals surface area (Å²) in [6.07, 6.45) is 5.18. The fourth-order valence-electron chi connectivity index (χ4n) is 1.79. The number of hydrogen-bond acceptors (Lipinski definition) is 2. The molecule has 2 rings (SSSR count). The van der Waals surface area contributed by atoms with Gasteiger partial charge in [-0.15, -0.1) is 11.8 Å². The summed E-state index contributed by atoms with van der Waals surface area (Å²) in [6.45, 7) is 0. The molecular formula is C13H19NS. The molecule has 0 aromatic heterocycles. The smallest absolute Gasteiger partial charge is 0.00719 e. The van der Waals surface area contributed by atoms with E-state index in [0.717, 1.165) is 5.92 Å². The molecule has 0 bridgehead atoms. The molecule has 1 aliphatic rings. The third kappa shape index (κ3) is 3.88. The van der Waals surface area contributed by atoms with E-state index in [9.17, 15) is 0 Å². The zero-order valence-corrected chi connectivity index (χ0v) is 9.88. The van der Waals surface area contributed by atoms with Crippen molar-refractivity contribution in [3.63, 3.8) is 0 Å². The second-order valence-corrected chi connectivity index (χ2v) is 5.47. The molecule has 15 heavy (non-hydrogen) atoms. The maximum Gasteiger partial charge on any atom is 0.00719 e. The Hall–Kier alpha value is -0.470. The third-order valence-corrected chi connectivity index (χ3v) is 4.02. The van der Waals surface area contributed by atoms with Crippen molar-refractivity contribution in [1.29, 1.82) is 0 Å². The summed E-state index contributed by atoms with van der Waals surface area (Å²) in [4.78, 5) is 1.37. The molecule has 0 radical (unpaired) electrons. The van der Waals surface area contributed by atoms with Crippen LogP contribution in [0.2, 0.25) is 0 Å². The summed E-state index contributed by atoms with van der Waals surface area (Å²) in [5.74, 6) is 2.05. The van der Waals surface area contributed by atoms with Crippen LogP contribution >= 0.6 is 11.8 Å². The van der Waals surface area contributed by atoms with Crippen LogP contribution in [0.1, 0.15) is 25.7 Å². The van der Waals surface area contributed by atoms with Gasteiger partial charge in [0.2, 0.25) is 0 Å². The third-order valence-electron chi connectivity index (χ3n) is 2.92. The average Bonchev–Trinajstić information content (AvgIpc) is 3.09. The maximum absolute atomic E-state index is 6.05. The predicted molar refractivity (Wildman–Crippen MR) is 67.1 cm³/mol. The van der Waals surface area contributed by atoms with Crippen LogP contribution in [0.3, 0.4) is 0 Å². The van der Waals surface area contributed by atoms with E-state index in [1.54, 1.807) is 0 Å². The molecule has 0 spiro atoms. The highest BCUT2D eigenvalue weighted by Gasteiger charge is 2.27. The largest absolute Gasteiger partial charge is 0.327 e. The molecule has 1 nitrogen and oxygen atoms in total. The SMILES string of the molecule is NC(CCCSc1ccccc1)C1CC1. The van der Waals surface area contributed by atoms with Gasteiger partial charge in [-0.2, -0.15) is 0 Å². The van der Waals surface area contributed by atoms with Crippen LogP contribution in [0.15, 0.2) is 35.2 Å². The van der Waals surface area contributed by atoms with Gasteiger partial charge in [0.15, 0.2) is 0 Å². The minimum absolute atomic E-state index is 0.473. The Bertz CT molecular complexity index is 282. The lowest BCUT2D eigenvalue weighted by atomic mass is 10.1. The van der Waals surface area contributed by atoms with E-state index in [2.05, 4.69) is 30.3 Å². The van der Waals surface area contributed by atoms with Crippen LogP contribution < -0.4 is 5.73 Å². The van der Waals surface area contributed by atoms with Crippen molar-refractivity contribution in [2.24, 2.45) is 11.7 Å². The van der Waals surface area contributed by atoms with Gasteiger partial charge in [-0.05, 0) is 49.5 Å². The van der Waals surface area contributed by atoms with Gasteiger partial charge >= 0.3 is 0 Å². The molecule has 2 N–H and O–H groups in total. The van der Waals surface area contributed by atoms with E-state index >= 15 is 0 Å². The molecule has 2 heteroatoms. The molecule has 0 aliphatic heterocycles. The van der Waals surface area contributed by atoms with Gasteiger partial charge in [-0.1, -0.05) is 18.2 Å². The fraction of sp³-hybridized carbons (Fsp3) is 0.538. The highest BCUT2D eigenvalue weighted by atomic mass is 32.2. The average molecular weight is 221 g/mol. The van der Waals surface area contributed by atoms with Gasteiger partial charge in [0.1, 0.15) is 0 Å². The summed E-state index contributed by atoms with van der Waals surface area (Å²) >= 11 is 1.94. The number of hydrogen-bond donors (Lipinski definition) is 1. The molecule has 0 heterocycles. The first-order valence-electron chi connectivity index (χ1n) is 5.79. The van der Waals surface area contributed by atoms with Gasteiger partial charge in [0.25, 0.3) is 0 Å². The second-order valence-electron chi connectivity index (χ2n) is 4.31. The van der Waals surface area contributed by atoms with Crippen LogP contribution in [0.4, 0.5) is 0 Å². The summed E-state index contributed by atoms with van der Waals surface area (Å²) < 4.78 is 0. The van der Waals surface area contributed by atoms with E-state index in [-0.39, 0.29) is 0 Å². The first-order valence-corrected chi connectivity index (χ1v) is 6.78. The van der Waals surface area contributed by atoms with Gasteiger partial charge in [0.05, 0.1) is 0 Å². The van der Waals surface area contributed by atoms with E-state index in [1.165, 1.54) is 36.3 Å². The van der Waals surface area contributed by atoms with E-state index in [0.29, 0.717) is 6.04 Å². The molecule has 1 atom stereocenters. The van der Waals surface area contributed by atoms with Crippen molar-refractivity contribution in [3.8, 4) is 0 Å². The van der Waals surface area contributed by atoms with Crippen molar-refractivity contribution < 1.29 is 0 Å². The molecule has 1 aromatic rings. The minimum atomic E-state index is 0.473. The molecule has 1 aliphatic carbocycles. The summed E-state index contributed by atoms with van der Waals surface area (Å²) in [5.41, 5.74) is 6.05. The molecule has 0 amide bonds. The monoisotopic (exact) mass is 221 g/mol. The highest BCUT2D eigenvalue weighted by molar-refractivity contribution is 7.99. The Morgan fingerprint density at radius 1 is 1.27 bits per heavy atom. The lowest BCUT2D eigenvalue weighted by molar-refractivity contribution is 0.545. The molecular weight excluding hydrogens is 202 g/mol. The maximum atomic E-state index is 6.05. The fourth-order valence-corrected chi connectivity index (χ4v) is 2.68. The quantitative estimate of drug-likeness (QED) is 0.589. The number of rotatable bonds is 6. The number of nitrogens with two attached hydrogens (primary N) is 1. The Labute approximate surface area is 96.4 Å². The Kier molecular flexibility index (Phi) is 4.09. The topological polar surface area (TPSA) is 26.0 Å². The predicted octanol–water partition coefficient (Wildman–Crippen LogP) is 3.30. The minimum Gasteiger partial charge on any atom is -0.327 e. The standard InChI is InChI=1S/C13H19NS/c14-13(11-8-9-11)7-4-10-15-12-5-2-1-3-6-12/h1-3,5-6,11,13H,4,7-10,14H2. The number of thioether (sulfide) groups is 1. The Morgan fingerprint density at radius 2 is 2.00 bits per heavy atom. The van der Waals surface area contributed by atoms with Crippen molar-refractivity contribution in [1.82, 2.24) is 0 Å². The molecule has 1 saturated carbocycles. The van der Waals surface area contributed by atoms with Crippen molar-refractivity contribution in [3.05, 3.63) is 30.3 Å². The van der Waals surface area contributed by atoms with E-state index in [1.807, 2.05) is 11.8 Å².